The first-order valence-electron chi connectivity index (χ1n) is 6.47. The van der Waals surface area contributed by atoms with Crippen molar-refractivity contribution in [1.82, 2.24) is 0 Å². The molecule has 1 aromatic heterocycles. The zero-order valence-electron chi connectivity index (χ0n) is 10.9. The molecule has 1 aromatic rings. The first kappa shape index (κ1) is 13.1. The molecule has 0 fully saturated rings. The quantitative estimate of drug-likeness (QED) is 0.846. The number of nitrogens with one attached hydrogen (secondary N) is 1. The molecule has 1 N–H and O–H groups in total. The van der Waals surface area contributed by atoms with Crippen molar-refractivity contribution in [2.45, 2.75) is 39.5 Å². The fourth-order valence-electron chi connectivity index (χ4n) is 2.22. The van der Waals surface area contributed by atoms with Crippen LogP contribution >= 0.6 is 11.3 Å². The maximum Gasteiger partial charge on any atom is 0.248 e. The Morgan fingerprint density at radius 1 is 1.44 bits per heavy atom. The van der Waals surface area contributed by atoms with Crippen molar-refractivity contribution >= 4 is 22.2 Å². The van der Waals surface area contributed by atoms with Crippen molar-refractivity contribution in [3.8, 4) is 5.75 Å². The number of rotatable bonds is 4. The zero-order chi connectivity index (χ0) is 13.0. The van der Waals surface area contributed by atoms with E-state index in [9.17, 15) is 4.79 Å². The van der Waals surface area contributed by atoms with Crippen molar-refractivity contribution < 1.29 is 9.53 Å². The summed E-state index contributed by atoms with van der Waals surface area (Å²) in [5, 5.41) is 3.79. The van der Waals surface area contributed by atoms with Crippen molar-refractivity contribution in [1.29, 1.82) is 0 Å². The molecular formula is C14H19NO2S. The maximum atomic E-state index is 11.6. The van der Waals surface area contributed by atoms with Crippen molar-refractivity contribution in [2.24, 2.45) is 0 Å². The van der Waals surface area contributed by atoms with Gasteiger partial charge in [0.05, 0.1) is 6.61 Å². The van der Waals surface area contributed by atoms with Gasteiger partial charge < -0.3 is 10.1 Å². The molecule has 3 nitrogen and oxygen atoms in total. The van der Waals surface area contributed by atoms with Gasteiger partial charge in [0.15, 0.2) is 5.75 Å². The van der Waals surface area contributed by atoms with Gasteiger partial charge in [0.25, 0.3) is 0 Å². The van der Waals surface area contributed by atoms with E-state index in [-0.39, 0.29) is 5.91 Å². The van der Waals surface area contributed by atoms with Crippen LogP contribution < -0.4 is 10.1 Å². The Bertz CT molecular complexity index is 463. The molecule has 18 heavy (non-hydrogen) atoms. The summed E-state index contributed by atoms with van der Waals surface area (Å²) in [5.74, 6) is 0.812. The third-order valence-corrected chi connectivity index (χ3v) is 4.15. The molecule has 0 aliphatic heterocycles. The predicted octanol–water partition coefficient (Wildman–Crippen LogP) is 3.54. The van der Waals surface area contributed by atoms with E-state index in [1.54, 1.807) is 17.4 Å². The van der Waals surface area contributed by atoms with Crippen LogP contribution in [0.5, 0.6) is 5.75 Å². The Balaban J connectivity index is 2.27. The molecule has 0 saturated carbocycles. The molecule has 1 aliphatic carbocycles. The number of carbonyl (C=O) groups excluding carboxylic acids is 1. The normalized spacial score (nSPS) is 14.6. The topological polar surface area (TPSA) is 38.3 Å². The second-order valence-electron chi connectivity index (χ2n) is 4.29. The molecular weight excluding hydrogens is 246 g/mol. The van der Waals surface area contributed by atoms with E-state index in [2.05, 4.69) is 5.32 Å². The molecule has 0 bridgehead atoms. The summed E-state index contributed by atoms with van der Waals surface area (Å²) in [5.41, 5.74) is 1.31. The number of carbonyl (C=O) groups is 1. The number of ether oxygens (including phenoxy) is 1. The largest absolute Gasteiger partial charge is 0.490 e. The van der Waals surface area contributed by atoms with E-state index in [4.69, 9.17) is 4.74 Å². The predicted molar refractivity (Wildman–Crippen MR) is 75.6 cm³/mol. The number of aryl methyl sites for hydroxylation is 1. The highest BCUT2D eigenvalue weighted by Gasteiger charge is 2.22. The molecule has 0 radical (unpaired) electrons. The summed E-state index contributed by atoms with van der Waals surface area (Å²) in [7, 11) is 0. The van der Waals surface area contributed by atoms with Gasteiger partial charge in [-0.15, -0.1) is 11.3 Å². The zero-order valence-corrected chi connectivity index (χ0v) is 11.7. The summed E-state index contributed by atoms with van der Waals surface area (Å²) in [6.45, 7) is 4.45. The maximum absolute atomic E-state index is 11.6. The van der Waals surface area contributed by atoms with E-state index in [1.165, 1.54) is 29.4 Å². The van der Waals surface area contributed by atoms with Gasteiger partial charge in [-0.25, -0.2) is 0 Å². The van der Waals surface area contributed by atoms with Gasteiger partial charge in [0.2, 0.25) is 5.91 Å². The van der Waals surface area contributed by atoms with Gasteiger partial charge in [-0.3, -0.25) is 4.79 Å². The fourth-order valence-corrected chi connectivity index (χ4v) is 3.46. The Hall–Kier alpha value is -1.29. The molecule has 1 amide bonds. The van der Waals surface area contributed by atoms with Gasteiger partial charge in [0.1, 0.15) is 5.00 Å². The minimum Gasteiger partial charge on any atom is -0.490 e. The Kier molecular flexibility index (Phi) is 4.42. The van der Waals surface area contributed by atoms with Gasteiger partial charge in [-0.05, 0) is 45.6 Å². The third-order valence-electron chi connectivity index (χ3n) is 2.97. The molecule has 2 rings (SSSR count). The molecule has 1 aliphatic rings. The number of allylic oxidation sites excluding steroid dienone is 1. The summed E-state index contributed by atoms with van der Waals surface area (Å²) in [6.07, 6.45) is 7.91. The van der Waals surface area contributed by atoms with Gasteiger partial charge in [-0.2, -0.15) is 0 Å². The van der Waals surface area contributed by atoms with Crippen LogP contribution in [0.4, 0.5) is 5.00 Å². The lowest BCUT2D eigenvalue weighted by Gasteiger charge is -2.12. The molecule has 98 valence electrons. The molecule has 0 unspecified atom stereocenters. The van der Waals surface area contributed by atoms with E-state index < -0.39 is 0 Å². The van der Waals surface area contributed by atoms with Gasteiger partial charge in [0, 0.05) is 10.4 Å². The highest BCUT2D eigenvalue weighted by Crippen LogP contribution is 2.43. The molecule has 4 heteroatoms. The van der Waals surface area contributed by atoms with Crippen LogP contribution in [0.3, 0.4) is 0 Å². The van der Waals surface area contributed by atoms with Crippen LogP contribution in [0, 0.1) is 0 Å². The molecule has 0 aromatic carbocycles. The summed E-state index contributed by atoms with van der Waals surface area (Å²) in [4.78, 5) is 13.0. The van der Waals surface area contributed by atoms with E-state index >= 15 is 0 Å². The lowest BCUT2D eigenvalue weighted by molar-refractivity contribution is -0.111. The van der Waals surface area contributed by atoms with Gasteiger partial charge in [-0.1, -0.05) is 6.08 Å². The van der Waals surface area contributed by atoms with Crippen LogP contribution in [0.2, 0.25) is 0 Å². The van der Waals surface area contributed by atoms with E-state index in [1.807, 2.05) is 13.8 Å². The van der Waals surface area contributed by atoms with Crippen LogP contribution in [0.25, 0.3) is 0 Å². The third kappa shape index (κ3) is 2.75. The highest BCUT2D eigenvalue weighted by atomic mass is 32.1. The number of hydrogen-bond acceptors (Lipinski definition) is 3. The van der Waals surface area contributed by atoms with Crippen LogP contribution in [0.1, 0.15) is 37.1 Å². The number of amides is 1. The van der Waals surface area contributed by atoms with Crippen molar-refractivity contribution in [3.63, 3.8) is 0 Å². The second-order valence-corrected chi connectivity index (χ2v) is 5.40. The monoisotopic (exact) mass is 265 g/mol. The summed E-state index contributed by atoms with van der Waals surface area (Å²) in [6, 6.07) is 0. The van der Waals surface area contributed by atoms with Crippen LogP contribution in [0.15, 0.2) is 12.2 Å². The minimum absolute atomic E-state index is 0.0861. The number of thiophene rings is 1. The second kappa shape index (κ2) is 6.05. The summed E-state index contributed by atoms with van der Waals surface area (Å²) >= 11 is 1.67. The highest BCUT2D eigenvalue weighted by molar-refractivity contribution is 7.17. The van der Waals surface area contributed by atoms with Crippen LogP contribution in [-0.4, -0.2) is 12.5 Å². The van der Waals surface area contributed by atoms with Crippen molar-refractivity contribution in [2.75, 3.05) is 11.9 Å². The Labute approximate surface area is 112 Å². The SMILES string of the molecule is CC=CC(=O)Nc1sc2c(c1OCC)CCCC2. The number of anilines is 1. The fraction of sp³-hybridized carbons (Fsp3) is 0.500. The molecule has 1 heterocycles. The first-order valence-corrected chi connectivity index (χ1v) is 7.29. The van der Waals surface area contributed by atoms with Crippen LogP contribution in [-0.2, 0) is 17.6 Å². The lowest BCUT2D eigenvalue weighted by atomic mass is 9.99. The number of fused-ring (bicyclic) bond motifs is 1. The smallest absolute Gasteiger partial charge is 0.248 e. The average molecular weight is 265 g/mol. The minimum atomic E-state index is -0.0861. The average Bonchev–Trinajstić information content (AvgIpc) is 2.68. The standard InChI is InChI=1S/C14H19NO2S/c1-3-7-12(16)15-14-13(17-4-2)10-8-5-6-9-11(10)18-14/h3,7H,4-6,8-9H2,1-2H3,(H,15,16). The number of hydrogen-bond donors (Lipinski definition) is 1. The van der Waals surface area contributed by atoms with Crippen molar-refractivity contribution in [3.05, 3.63) is 22.6 Å². The Morgan fingerprint density at radius 3 is 2.94 bits per heavy atom. The first-order chi connectivity index (χ1) is 8.76. The Morgan fingerprint density at radius 2 is 2.22 bits per heavy atom. The molecule has 0 atom stereocenters. The lowest BCUT2D eigenvalue weighted by Crippen LogP contribution is -2.08. The molecule has 0 saturated heterocycles. The van der Waals surface area contributed by atoms with E-state index in [0.717, 1.165) is 23.6 Å². The van der Waals surface area contributed by atoms with Gasteiger partial charge >= 0.3 is 0 Å². The molecule has 0 spiro atoms. The summed E-state index contributed by atoms with van der Waals surface area (Å²) < 4.78 is 5.73. The van der Waals surface area contributed by atoms with E-state index in [0.29, 0.717) is 6.61 Å².